The highest BCUT2D eigenvalue weighted by Gasteiger charge is 2.13. The Morgan fingerprint density at radius 1 is 0.913 bits per heavy atom. The van der Waals surface area contributed by atoms with E-state index < -0.39 is 0 Å². The van der Waals surface area contributed by atoms with Crippen molar-refractivity contribution in [1.82, 2.24) is 15.6 Å². The van der Waals surface area contributed by atoms with Gasteiger partial charge in [-0.2, -0.15) is 0 Å². The molecule has 0 aliphatic heterocycles. The lowest BCUT2D eigenvalue weighted by molar-refractivity contribution is 0.0927. The van der Waals surface area contributed by atoms with Gasteiger partial charge in [-0.3, -0.25) is 9.59 Å². The zero-order valence-corrected chi connectivity index (χ0v) is 14.0. The molecule has 2 amide bonds. The summed E-state index contributed by atoms with van der Waals surface area (Å²) in [5.41, 5.74) is 0.555. The summed E-state index contributed by atoms with van der Waals surface area (Å²) < 4.78 is 0. The minimum Gasteiger partial charge on any atom is -0.350 e. The highest BCUT2D eigenvalue weighted by atomic mass is 35.5. The molecule has 1 aromatic heterocycles. The summed E-state index contributed by atoms with van der Waals surface area (Å²) in [6.07, 6.45) is 1.49. The van der Waals surface area contributed by atoms with E-state index in [4.69, 9.17) is 34.8 Å². The topological polar surface area (TPSA) is 71.1 Å². The van der Waals surface area contributed by atoms with Crippen LogP contribution in [0.3, 0.4) is 0 Å². The number of nitrogens with one attached hydrogen (secondary N) is 2. The summed E-state index contributed by atoms with van der Waals surface area (Å²) >= 11 is 17.6. The molecular formula is C15H12Cl3N3O2. The van der Waals surface area contributed by atoms with Gasteiger partial charge in [0.2, 0.25) is 0 Å². The summed E-state index contributed by atoms with van der Waals surface area (Å²) in [5.74, 6) is -0.732. The first-order valence-electron chi connectivity index (χ1n) is 6.61. The van der Waals surface area contributed by atoms with Gasteiger partial charge in [0.15, 0.2) is 0 Å². The van der Waals surface area contributed by atoms with Crippen molar-refractivity contribution in [3.05, 3.63) is 62.9 Å². The molecule has 0 radical (unpaired) electrons. The zero-order valence-electron chi connectivity index (χ0n) is 11.8. The van der Waals surface area contributed by atoms with E-state index in [9.17, 15) is 9.59 Å². The summed E-state index contributed by atoms with van der Waals surface area (Å²) in [5, 5.41) is 5.90. The molecule has 0 aliphatic carbocycles. The van der Waals surface area contributed by atoms with E-state index in [0.717, 1.165) is 0 Å². The van der Waals surface area contributed by atoms with Crippen LogP contribution in [0.4, 0.5) is 0 Å². The van der Waals surface area contributed by atoms with Crippen molar-refractivity contribution >= 4 is 46.6 Å². The van der Waals surface area contributed by atoms with Crippen molar-refractivity contribution in [3.8, 4) is 0 Å². The van der Waals surface area contributed by atoms with E-state index in [-0.39, 0.29) is 46.2 Å². The molecule has 5 nitrogen and oxygen atoms in total. The van der Waals surface area contributed by atoms with Gasteiger partial charge < -0.3 is 10.6 Å². The molecule has 8 heteroatoms. The second-order valence-corrected chi connectivity index (χ2v) is 5.60. The van der Waals surface area contributed by atoms with Crippen LogP contribution in [0.15, 0.2) is 36.5 Å². The second-order valence-electron chi connectivity index (χ2n) is 4.45. The van der Waals surface area contributed by atoms with E-state index in [1.807, 2.05) is 0 Å². The third kappa shape index (κ3) is 4.58. The van der Waals surface area contributed by atoms with Crippen LogP contribution < -0.4 is 10.6 Å². The number of hydrogen-bond acceptors (Lipinski definition) is 3. The molecule has 0 saturated heterocycles. The molecule has 1 heterocycles. The first-order valence-corrected chi connectivity index (χ1v) is 7.75. The maximum Gasteiger partial charge on any atom is 0.254 e. The molecule has 2 N–H and O–H groups in total. The summed E-state index contributed by atoms with van der Waals surface area (Å²) in [4.78, 5) is 27.7. The smallest absolute Gasteiger partial charge is 0.254 e. The average molecular weight is 373 g/mol. The van der Waals surface area contributed by atoms with Crippen LogP contribution in [0.1, 0.15) is 20.7 Å². The number of pyridine rings is 1. The van der Waals surface area contributed by atoms with E-state index in [0.29, 0.717) is 5.02 Å². The van der Waals surface area contributed by atoms with E-state index >= 15 is 0 Å². The quantitative estimate of drug-likeness (QED) is 0.625. The number of halogens is 3. The van der Waals surface area contributed by atoms with Crippen molar-refractivity contribution in [2.75, 3.05) is 13.1 Å². The number of nitrogens with zero attached hydrogens (tertiary/aromatic N) is 1. The van der Waals surface area contributed by atoms with Gasteiger partial charge in [0.05, 0.1) is 21.2 Å². The molecule has 0 saturated carbocycles. The molecule has 0 atom stereocenters. The largest absolute Gasteiger partial charge is 0.350 e. The van der Waals surface area contributed by atoms with Gasteiger partial charge in [-0.15, -0.1) is 0 Å². The highest BCUT2D eigenvalue weighted by molar-refractivity contribution is 6.43. The molecule has 0 aliphatic rings. The standard InChI is InChI=1S/C15H12Cl3N3O2/c16-11-5-1-3-9(12(11)17)14(22)20-7-8-21-15(23)10-4-2-6-19-13(10)18/h1-6H,7-8H2,(H,20,22)(H,21,23). The Kier molecular flexibility index (Phi) is 6.21. The molecule has 0 unspecified atom stereocenters. The zero-order chi connectivity index (χ0) is 16.8. The highest BCUT2D eigenvalue weighted by Crippen LogP contribution is 2.25. The molecule has 0 fully saturated rings. The Labute approximate surface area is 148 Å². The van der Waals surface area contributed by atoms with Gasteiger partial charge in [0.25, 0.3) is 11.8 Å². The van der Waals surface area contributed by atoms with Gasteiger partial charge in [-0.25, -0.2) is 4.98 Å². The van der Waals surface area contributed by atoms with Crippen LogP contribution in [-0.2, 0) is 0 Å². The van der Waals surface area contributed by atoms with Gasteiger partial charge in [-0.05, 0) is 24.3 Å². The van der Waals surface area contributed by atoms with Crippen molar-refractivity contribution in [2.24, 2.45) is 0 Å². The van der Waals surface area contributed by atoms with Crippen molar-refractivity contribution in [1.29, 1.82) is 0 Å². The fourth-order valence-electron chi connectivity index (χ4n) is 1.78. The third-order valence-corrected chi connectivity index (χ3v) is 4.02. The fourth-order valence-corrected chi connectivity index (χ4v) is 2.37. The molecule has 2 aromatic rings. The Morgan fingerprint density at radius 3 is 2.17 bits per heavy atom. The lowest BCUT2D eigenvalue weighted by Crippen LogP contribution is -2.35. The minimum atomic E-state index is -0.369. The van der Waals surface area contributed by atoms with Crippen molar-refractivity contribution in [3.63, 3.8) is 0 Å². The number of hydrogen-bond donors (Lipinski definition) is 2. The minimum absolute atomic E-state index is 0.125. The Morgan fingerprint density at radius 2 is 1.52 bits per heavy atom. The van der Waals surface area contributed by atoms with Crippen LogP contribution in [0, 0.1) is 0 Å². The Balaban J connectivity index is 1.84. The predicted octanol–water partition coefficient (Wildman–Crippen LogP) is 3.20. The molecular weight excluding hydrogens is 361 g/mol. The lowest BCUT2D eigenvalue weighted by Gasteiger charge is -2.09. The van der Waals surface area contributed by atoms with E-state index in [1.54, 1.807) is 30.3 Å². The van der Waals surface area contributed by atoms with E-state index in [2.05, 4.69) is 15.6 Å². The summed E-state index contributed by atoms with van der Waals surface area (Å²) in [7, 11) is 0. The summed E-state index contributed by atoms with van der Waals surface area (Å²) in [6, 6.07) is 7.98. The maximum atomic E-state index is 12.0. The molecule has 120 valence electrons. The molecule has 0 bridgehead atoms. The predicted molar refractivity (Wildman–Crippen MR) is 90.4 cm³/mol. The van der Waals surface area contributed by atoms with Crippen molar-refractivity contribution in [2.45, 2.75) is 0 Å². The van der Waals surface area contributed by atoms with Gasteiger partial charge >= 0.3 is 0 Å². The Bertz CT molecular complexity index is 738. The number of benzene rings is 1. The number of rotatable bonds is 5. The number of aromatic nitrogens is 1. The van der Waals surface area contributed by atoms with Crippen LogP contribution in [-0.4, -0.2) is 29.9 Å². The monoisotopic (exact) mass is 371 g/mol. The summed E-state index contributed by atoms with van der Waals surface area (Å²) in [6.45, 7) is 0.458. The third-order valence-electron chi connectivity index (χ3n) is 2.90. The SMILES string of the molecule is O=C(NCCNC(=O)c1cccc(Cl)c1Cl)c1cccnc1Cl. The number of carbonyl (C=O) groups excluding carboxylic acids is 2. The first kappa shape index (κ1) is 17.5. The maximum absolute atomic E-state index is 12.0. The van der Waals surface area contributed by atoms with Gasteiger partial charge in [0.1, 0.15) is 5.15 Å². The average Bonchev–Trinajstić information content (AvgIpc) is 2.54. The Hall–Kier alpha value is -1.82. The van der Waals surface area contributed by atoms with Crippen LogP contribution in [0.5, 0.6) is 0 Å². The van der Waals surface area contributed by atoms with Gasteiger partial charge in [0, 0.05) is 19.3 Å². The normalized spacial score (nSPS) is 10.2. The number of carbonyl (C=O) groups is 2. The fraction of sp³-hybridized carbons (Fsp3) is 0.133. The van der Waals surface area contributed by atoms with Crippen LogP contribution >= 0.6 is 34.8 Å². The molecule has 1 aromatic carbocycles. The van der Waals surface area contributed by atoms with Crippen LogP contribution in [0.2, 0.25) is 15.2 Å². The van der Waals surface area contributed by atoms with Crippen molar-refractivity contribution < 1.29 is 9.59 Å². The number of amides is 2. The molecule has 0 spiro atoms. The molecule has 2 rings (SSSR count). The van der Waals surface area contributed by atoms with Crippen LogP contribution in [0.25, 0.3) is 0 Å². The first-order chi connectivity index (χ1) is 11.0. The lowest BCUT2D eigenvalue weighted by atomic mass is 10.2. The second kappa shape index (κ2) is 8.15. The van der Waals surface area contributed by atoms with E-state index in [1.165, 1.54) is 6.20 Å². The van der Waals surface area contributed by atoms with Gasteiger partial charge in [-0.1, -0.05) is 40.9 Å². The molecule has 23 heavy (non-hydrogen) atoms.